The molecule has 9 nitrogen and oxygen atoms in total. The number of hydrogen-bond donors (Lipinski definition) is 0. The number of nitro groups is 1. The molecular formula is C20H21N5O4S. The zero-order valence-corrected chi connectivity index (χ0v) is 17.0. The van der Waals surface area contributed by atoms with Crippen molar-refractivity contribution in [2.24, 2.45) is 0 Å². The van der Waals surface area contributed by atoms with Crippen LogP contribution in [-0.2, 0) is 16.7 Å². The van der Waals surface area contributed by atoms with Gasteiger partial charge in [0.15, 0.2) is 0 Å². The van der Waals surface area contributed by atoms with Crippen LogP contribution in [0.3, 0.4) is 0 Å². The molecule has 1 aliphatic heterocycles. The van der Waals surface area contributed by atoms with Gasteiger partial charge in [-0.05, 0) is 17.7 Å². The lowest BCUT2D eigenvalue weighted by atomic mass is 10.2. The Balaban J connectivity index is 1.38. The van der Waals surface area contributed by atoms with Crippen LogP contribution in [-0.4, -0.2) is 58.5 Å². The molecule has 4 rings (SSSR count). The number of fused-ring (bicyclic) bond motifs is 1. The van der Waals surface area contributed by atoms with Gasteiger partial charge in [-0.2, -0.15) is 9.40 Å². The van der Waals surface area contributed by atoms with Crippen LogP contribution in [0.4, 0.5) is 5.69 Å². The summed E-state index contributed by atoms with van der Waals surface area (Å²) in [4.78, 5) is 12.6. The van der Waals surface area contributed by atoms with Gasteiger partial charge < -0.3 is 0 Å². The molecule has 1 aromatic heterocycles. The van der Waals surface area contributed by atoms with Gasteiger partial charge in [0.05, 0.1) is 23.3 Å². The monoisotopic (exact) mass is 427 g/mol. The number of hydrogen-bond acceptors (Lipinski definition) is 6. The van der Waals surface area contributed by atoms with Crippen molar-refractivity contribution in [3.8, 4) is 0 Å². The number of piperazine rings is 1. The lowest BCUT2D eigenvalue weighted by Crippen LogP contribution is -2.48. The fourth-order valence-corrected chi connectivity index (χ4v) is 4.60. The van der Waals surface area contributed by atoms with Gasteiger partial charge in [0.2, 0.25) is 10.0 Å². The van der Waals surface area contributed by atoms with Crippen LogP contribution >= 0.6 is 0 Å². The molecule has 1 aliphatic rings. The second kappa shape index (κ2) is 8.34. The fraction of sp³-hybridized carbons (Fsp3) is 0.250. The average molecular weight is 427 g/mol. The molecule has 0 aliphatic carbocycles. The third-order valence-electron chi connectivity index (χ3n) is 5.09. The van der Waals surface area contributed by atoms with Gasteiger partial charge in [0, 0.05) is 49.1 Å². The molecule has 0 saturated carbocycles. The first kappa shape index (κ1) is 20.2. The minimum absolute atomic E-state index is 0.0319. The molecule has 3 aromatic rings. The summed E-state index contributed by atoms with van der Waals surface area (Å²) in [5.41, 5.74) is 1.68. The van der Waals surface area contributed by atoms with Crippen LogP contribution in [0.25, 0.3) is 17.0 Å². The zero-order chi connectivity index (χ0) is 21.1. The highest BCUT2D eigenvalue weighted by atomic mass is 32.2. The predicted octanol–water partition coefficient (Wildman–Crippen LogP) is 2.52. The first-order chi connectivity index (χ1) is 14.4. The maximum atomic E-state index is 12.6. The Kier molecular flexibility index (Phi) is 5.62. The number of rotatable bonds is 6. The van der Waals surface area contributed by atoms with Gasteiger partial charge in [0.25, 0.3) is 5.69 Å². The Morgan fingerprint density at radius 3 is 2.50 bits per heavy atom. The van der Waals surface area contributed by atoms with E-state index in [-0.39, 0.29) is 5.69 Å². The molecule has 0 N–H and O–H groups in total. The summed E-state index contributed by atoms with van der Waals surface area (Å²) in [6, 6.07) is 14.0. The summed E-state index contributed by atoms with van der Waals surface area (Å²) in [6.07, 6.45) is 3.22. The van der Waals surface area contributed by atoms with Gasteiger partial charge in [-0.25, -0.2) is 8.42 Å². The van der Waals surface area contributed by atoms with Gasteiger partial charge in [0.1, 0.15) is 0 Å². The highest BCUT2D eigenvalue weighted by Gasteiger charge is 2.25. The van der Waals surface area contributed by atoms with Crippen molar-refractivity contribution in [3.05, 3.63) is 75.8 Å². The normalized spacial score (nSPS) is 16.4. The minimum Gasteiger partial charge on any atom is -0.282 e. The van der Waals surface area contributed by atoms with Crippen LogP contribution < -0.4 is 0 Å². The first-order valence-electron chi connectivity index (χ1n) is 9.48. The van der Waals surface area contributed by atoms with Crippen LogP contribution in [0.1, 0.15) is 5.56 Å². The summed E-state index contributed by atoms with van der Waals surface area (Å²) in [5, 5.41) is 17.2. The smallest absolute Gasteiger partial charge is 0.270 e. The predicted molar refractivity (Wildman–Crippen MR) is 114 cm³/mol. The van der Waals surface area contributed by atoms with Gasteiger partial charge in [-0.1, -0.05) is 30.3 Å². The van der Waals surface area contributed by atoms with E-state index in [1.54, 1.807) is 23.0 Å². The Labute approximate surface area is 174 Å². The van der Waals surface area contributed by atoms with Crippen LogP contribution in [0.15, 0.2) is 60.1 Å². The van der Waals surface area contributed by atoms with E-state index in [1.807, 2.05) is 30.3 Å². The molecule has 156 valence electrons. The molecule has 30 heavy (non-hydrogen) atoms. The second-order valence-electron chi connectivity index (χ2n) is 7.06. The van der Waals surface area contributed by atoms with Crippen LogP contribution in [0, 0.1) is 10.1 Å². The van der Waals surface area contributed by atoms with Crippen molar-refractivity contribution < 1.29 is 13.3 Å². The molecule has 10 heteroatoms. The maximum absolute atomic E-state index is 12.6. The van der Waals surface area contributed by atoms with E-state index in [2.05, 4.69) is 10.00 Å². The summed E-state index contributed by atoms with van der Waals surface area (Å²) in [6.45, 7) is 2.44. The number of nitrogens with zero attached hydrogens (tertiary/aromatic N) is 5. The average Bonchev–Trinajstić information content (AvgIpc) is 3.15. The zero-order valence-electron chi connectivity index (χ0n) is 16.2. The molecule has 1 saturated heterocycles. The molecule has 0 bridgehead atoms. The van der Waals surface area contributed by atoms with Crippen molar-refractivity contribution in [1.29, 1.82) is 0 Å². The number of sulfonamides is 1. The van der Waals surface area contributed by atoms with E-state index in [4.69, 9.17) is 0 Å². The first-order valence-corrected chi connectivity index (χ1v) is 11.0. The van der Waals surface area contributed by atoms with Gasteiger partial charge in [-0.15, -0.1) is 0 Å². The summed E-state index contributed by atoms with van der Waals surface area (Å²) >= 11 is 0. The Morgan fingerprint density at radius 2 is 1.80 bits per heavy atom. The van der Waals surface area contributed by atoms with E-state index in [1.165, 1.54) is 21.8 Å². The highest BCUT2D eigenvalue weighted by Crippen LogP contribution is 2.21. The third-order valence-corrected chi connectivity index (χ3v) is 6.66. The van der Waals surface area contributed by atoms with Crippen molar-refractivity contribution >= 4 is 32.7 Å². The molecule has 0 spiro atoms. The molecule has 0 unspecified atom stereocenters. The largest absolute Gasteiger partial charge is 0.282 e. The molecular weight excluding hydrogens is 406 g/mol. The molecule has 1 fully saturated rings. The molecule has 0 radical (unpaired) electrons. The molecule has 0 amide bonds. The Hall–Kier alpha value is -3.08. The topological polar surface area (TPSA) is 102 Å². The summed E-state index contributed by atoms with van der Waals surface area (Å²) < 4.78 is 28.4. The number of aromatic nitrogens is 2. The molecule has 2 heterocycles. The molecule has 2 aromatic carbocycles. The van der Waals surface area contributed by atoms with E-state index in [0.29, 0.717) is 38.2 Å². The van der Waals surface area contributed by atoms with E-state index in [9.17, 15) is 18.5 Å². The maximum Gasteiger partial charge on any atom is 0.270 e. The lowest BCUT2D eigenvalue weighted by molar-refractivity contribution is -0.384. The highest BCUT2D eigenvalue weighted by molar-refractivity contribution is 7.92. The third kappa shape index (κ3) is 4.40. The van der Waals surface area contributed by atoms with E-state index >= 15 is 0 Å². The molecule has 0 atom stereocenters. The van der Waals surface area contributed by atoms with Crippen molar-refractivity contribution in [2.45, 2.75) is 6.67 Å². The lowest BCUT2D eigenvalue weighted by Gasteiger charge is -2.33. The number of benzene rings is 2. The van der Waals surface area contributed by atoms with Crippen molar-refractivity contribution in [3.63, 3.8) is 0 Å². The second-order valence-corrected chi connectivity index (χ2v) is 8.88. The van der Waals surface area contributed by atoms with Gasteiger partial charge >= 0.3 is 0 Å². The van der Waals surface area contributed by atoms with Gasteiger partial charge in [-0.3, -0.25) is 19.7 Å². The standard InChI is InChI=1S/C20H21N5O4S/c26-25(27)19-6-7-20-18(14-19)15-21-24(20)16-22-9-11-23(12-10-22)30(28,29)13-8-17-4-2-1-3-5-17/h1-8,13-15H,9-12,16H2/b13-8+. The number of non-ortho nitro benzene ring substituents is 1. The minimum atomic E-state index is -3.47. The van der Waals surface area contributed by atoms with Crippen LogP contribution in [0.2, 0.25) is 0 Å². The quantitative estimate of drug-likeness (QED) is 0.443. The SMILES string of the molecule is O=[N+]([O-])c1ccc2c(cnn2CN2CCN(S(=O)(=O)/C=C/c3ccccc3)CC2)c1. The fourth-order valence-electron chi connectivity index (χ4n) is 3.43. The van der Waals surface area contributed by atoms with Crippen molar-refractivity contribution in [1.82, 2.24) is 19.0 Å². The number of nitro benzene ring substituents is 1. The summed E-state index contributed by atoms with van der Waals surface area (Å²) in [7, 11) is -3.47. The summed E-state index contributed by atoms with van der Waals surface area (Å²) in [5.74, 6) is 0. The van der Waals surface area contributed by atoms with Crippen molar-refractivity contribution in [2.75, 3.05) is 26.2 Å². The Morgan fingerprint density at radius 1 is 1.07 bits per heavy atom. The van der Waals surface area contributed by atoms with E-state index in [0.717, 1.165) is 11.1 Å². The van der Waals surface area contributed by atoms with Crippen LogP contribution in [0.5, 0.6) is 0 Å². The Bertz CT molecular complexity index is 1180. The van der Waals surface area contributed by atoms with E-state index < -0.39 is 14.9 Å².